The molecule has 0 aliphatic rings. The van der Waals surface area contributed by atoms with Crippen LogP contribution in [0.2, 0.25) is 0 Å². The van der Waals surface area contributed by atoms with Crippen molar-refractivity contribution in [2.75, 3.05) is 0 Å². The molecule has 2 heteroatoms. The van der Waals surface area contributed by atoms with Gasteiger partial charge in [0.1, 0.15) is 0 Å². The van der Waals surface area contributed by atoms with Crippen molar-refractivity contribution in [1.29, 1.82) is 0 Å². The molecular formula is C16H22N2. The molecule has 2 rings (SSSR count). The van der Waals surface area contributed by atoms with E-state index in [1.54, 1.807) is 0 Å². The highest BCUT2D eigenvalue weighted by molar-refractivity contribution is 5.38. The topological polar surface area (TPSA) is 30.9 Å². The fraction of sp³-hybridized carbons (Fsp3) is 0.375. The summed E-state index contributed by atoms with van der Waals surface area (Å²) in [6, 6.07) is 8.74. The van der Waals surface area contributed by atoms with E-state index in [0.717, 1.165) is 6.54 Å². The Labute approximate surface area is 109 Å². The van der Waals surface area contributed by atoms with Crippen LogP contribution in [0.3, 0.4) is 0 Å². The highest BCUT2D eigenvalue weighted by Crippen LogP contribution is 2.20. The SMILES string of the molecule is Cc1cc(C)c(Cn2cccc2C(C)N)c(C)c1. The average molecular weight is 242 g/mol. The molecule has 0 aliphatic carbocycles. The number of nitrogens with zero attached hydrogens (tertiary/aromatic N) is 1. The van der Waals surface area contributed by atoms with Crippen LogP contribution >= 0.6 is 0 Å². The number of benzene rings is 1. The minimum absolute atomic E-state index is 0.0751. The maximum atomic E-state index is 5.99. The van der Waals surface area contributed by atoms with E-state index in [1.165, 1.54) is 27.9 Å². The normalized spacial score (nSPS) is 12.7. The Hall–Kier alpha value is -1.54. The van der Waals surface area contributed by atoms with Gasteiger partial charge < -0.3 is 10.3 Å². The molecule has 0 saturated carbocycles. The van der Waals surface area contributed by atoms with Crippen LogP contribution in [0.25, 0.3) is 0 Å². The van der Waals surface area contributed by atoms with E-state index >= 15 is 0 Å². The summed E-state index contributed by atoms with van der Waals surface area (Å²) in [4.78, 5) is 0. The van der Waals surface area contributed by atoms with Gasteiger partial charge in [-0.3, -0.25) is 0 Å². The zero-order valence-corrected chi connectivity index (χ0v) is 11.7. The summed E-state index contributed by atoms with van der Waals surface area (Å²) in [7, 11) is 0. The Morgan fingerprint density at radius 1 is 1.17 bits per heavy atom. The van der Waals surface area contributed by atoms with Crippen LogP contribution in [0.15, 0.2) is 30.5 Å². The number of aryl methyl sites for hydroxylation is 3. The van der Waals surface area contributed by atoms with Crippen LogP contribution in [0, 0.1) is 20.8 Å². The lowest BCUT2D eigenvalue weighted by atomic mass is 9.99. The van der Waals surface area contributed by atoms with Crippen LogP contribution in [0.4, 0.5) is 0 Å². The van der Waals surface area contributed by atoms with Gasteiger partial charge in [-0.1, -0.05) is 17.7 Å². The van der Waals surface area contributed by atoms with E-state index in [1.807, 2.05) is 6.92 Å². The summed E-state index contributed by atoms with van der Waals surface area (Å²) in [5.41, 5.74) is 12.6. The van der Waals surface area contributed by atoms with E-state index in [9.17, 15) is 0 Å². The Bertz CT molecular complexity index is 527. The van der Waals surface area contributed by atoms with E-state index in [-0.39, 0.29) is 6.04 Å². The van der Waals surface area contributed by atoms with Gasteiger partial charge in [0.2, 0.25) is 0 Å². The molecule has 1 heterocycles. The van der Waals surface area contributed by atoms with Gasteiger partial charge >= 0.3 is 0 Å². The van der Waals surface area contributed by atoms with Gasteiger partial charge in [-0.15, -0.1) is 0 Å². The van der Waals surface area contributed by atoms with Crippen LogP contribution in [-0.4, -0.2) is 4.57 Å². The molecule has 2 N–H and O–H groups in total. The third kappa shape index (κ3) is 2.49. The first-order valence-electron chi connectivity index (χ1n) is 6.46. The van der Waals surface area contributed by atoms with Crippen molar-refractivity contribution in [3.8, 4) is 0 Å². The number of aromatic nitrogens is 1. The van der Waals surface area contributed by atoms with Crippen molar-refractivity contribution >= 4 is 0 Å². The van der Waals surface area contributed by atoms with Gasteiger partial charge in [0.05, 0.1) is 0 Å². The fourth-order valence-electron chi connectivity index (χ4n) is 2.61. The van der Waals surface area contributed by atoms with Crippen molar-refractivity contribution in [3.05, 3.63) is 58.4 Å². The minimum atomic E-state index is 0.0751. The molecule has 2 nitrogen and oxygen atoms in total. The monoisotopic (exact) mass is 242 g/mol. The molecule has 1 unspecified atom stereocenters. The molecule has 18 heavy (non-hydrogen) atoms. The molecular weight excluding hydrogens is 220 g/mol. The third-order valence-corrected chi connectivity index (χ3v) is 3.50. The molecule has 0 radical (unpaired) electrons. The zero-order valence-electron chi connectivity index (χ0n) is 11.7. The van der Waals surface area contributed by atoms with Gasteiger partial charge in [-0.2, -0.15) is 0 Å². The highest BCUT2D eigenvalue weighted by atomic mass is 15.0. The largest absolute Gasteiger partial charge is 0.346 e. The summed E-state index contributed by atoms with van der Waals surface area (Å²) in [5, 5.41) is 0. The second kappa shape index (κ2) is 4.99. The molecule has 0 aliphatic heterocycles. The summed E-state index contributed by atoms with van der Waals surface area (Å²) in [6.07, 6.45) is 2.11. The second-order valence-corrected chi connectivity index (χ2v) is 5.23. The van der Waals surface area contributed by atoms with Crippen molar-refractivity contribution in [1.82, 2.24) is 4.57 Å². The number of nitrogens with two attached hydrogens (primary N) is 1. The molecule has 0 fully saturated rings. The van der Waals surface area contributed by atoms with Gasteiger partial charge in [0.15, 0.2) is 0 Å². The van der Waals surface area contributed by atoms with Crippen molar-refractivity contribution < 1.29 is 0 Å². The van der Waals surface area contributed by atoms with E-state index in [0.29, 0.717) is 0 Å². The van der Waals surface area contributed by atoms with Crippen LogP contribution in [0.1, 0.15) is 40.9 Å². The number of hydrogen-bond acceptors (Lipinski definition) is 1. The summed E-state index contributed by atoms with van der Waals surface area (Å²) in [6.45, 7) is 9.45. The quantitative estimate of drug-likeness (QED) is 0.877. The van der Waals surface area contributed by atoms with Gasteiger partial charge in [-0.05, 0) is 56.5 Å². The molecule has 1 atom stereocenters. The zero-order chi connectivity index (χ0) is 13.3. The smallest absolute Gasteiger partial charge is 0.0478 e. The van der Waals surface area contributed by atoms with Crippen molar-refractivity contribution in [2.24, 2.45) is 5.73 Å². The minimum Gasteiger partial charge on any atom is -0.346 e. The van der Waals surface area contributed by atoms with E-state index in [4.69, 9.17) is 5.73 Å². The molecule has 96 valence electrons. The Kier molecular flexibility index (Phi) is 3.58. The Morgan fingerprint density at radius 3 is 2.33 bits per heavy atom. The summed E-state index contributed by atoms with van der Waals surface area (Å²) in [5.74, 6) is 0. The standard InChI is InChI=1S/C16H22N2/c1-11-8-12(2)15(13(3)9-11)10-18-7-5-6-16(18)14(4)17/h5-9,14H,10,17H2,1-4H3. The van der Waals surface area contributed by atoms with Crippen molar-refractivity contribution in [3.63, 3.8) is 0 Å². The first kappa shape index (κ1) is 12.9. The van der Waals surface area contributed by atoms with Crippen LogP contribution in [-0.2, 0) is 6.54 Å². The summed E-state index contributed by atoms with van der Waals surface area (Å²) < 4.78 is 2.25. The predicted molar refractivity (Wildman–Crippen MR) is 76.8 cm³/mol. The lowest BCUT2D eigenvalue weighted by Crippen LogP contribution is -2.13. The maximum absolute atomic E-state index is 5.99. The Balaban J connectivity index is 2.37. The first-order chi connectivity index (χ1) is 8.49. The van der Waals surface area contributed by atoms with Crippen molar-refractivity contribution in [2.45, 2.75) is 40.3 Å². The first-order valence-corrected chi connectivity index (χ1v) is 6.46. The third-order valence-electron chi connectivity index (χ3n) is 3.50. The van der Waals surface area contributed by atoms with Crippen LogP contribution in [0.5, 0.6) is 0 Å². The number of hydrogen-bond donors (Lipinski definition) is 1. The van der Waals surface area contributed by atoms with Gasteiger partial charge in [-0.25, -0.2) is 0 Å². The van der Waals surface area contributed by atoms with Gasteiger partial charge in [0, 0.05) is 24.5 Å². The lowest BCUT2D eigenvalue weighted by Gasteiger charge is -2.16. The molecule has 0 bridgehead atoms. The predicted octanol–water partition coefficient (Wildman–Crippen LogP) is 3.48. The lowest BCUT2D eigenvalue weighted by molar-refractivity contribution is 0.672. The Morgan fingerprint density at radius 2 is 1.78 bits per heavy atom. The molecule has 1 aromatic heterocycles. The van der Waals surface area contributed by atoms with E-state index < -0.39 is 0 Å². The average Bonchev–Trinajstić information content (AvgIpc) is 2.71. The van der Waals surface area contributed by atoms with E-state index in [2.05, 4.69) is 55.8 Å². The van der Waals surface area contributed by atoms with Crippen LogP contribution < -0.4 is 5.73 Å². The molecule has 0 spiro atoms. The molecule has 0 saturated heterocycles. The maximum Gasteiger partial charge on any atom is 0.0478 e. The fourth-order valence-corrected chi connectivity index (χ4v) is 2.61. The molecule has 1 aromatic carbocycles. The molecule has 0 amide bonds. The highest BCUT2D eigenvalue weighted by Gasteiger charge is 2.09. The number of rotatable bonds is 3. The molecule has 2 aromatic rings. The summed E-state index contributed by atoms with van der Waals surface area (Å²) >= 11 is 0. The second-order valence-electron chi connectivity index (χ2n) is 5.23. The van der Waals surface area contributed by atoms with Gasteiger partial charge in [0.25, 0.3) is 0 Å².